The number of piperidine rings is 1. The minimum absolute atomic E-state index is 0.466. The van der Waals surface area contributed by atoms with E-state index in [2.05, 4.69) is 20.4 Å². The Labute approximate surface area is 152 Å². The fraction of sp³-hybridized carbons (Fsp3) is 0.350. The zero-order valence-electron chi connectivity index (χ0n) is 14.8. The molecule has 2 aromatic heterocycles. The number of pyridine rings is 1. The van der Waals surface area contributed by atoms with Crippen molar-refractivity contribution in [1.82, 2.24) is 20.4 Å². The fourth-order valence-electron chi connectivity index (χ4n) is 3.11. The highest BCUT2D eigenvalue weighted by Crippen LogP contribution is 2.25. The molecule has 134 valence electrons. The second-order valence-electron chi connectivity index (χ2n) is 6.64. The van der Waals surface area contributed by atoms with Gasteiger partial charge >= 0.3 is 0 Å². The number of ether oxygens (including phenoxy) is 1. The summed E-state index contributed by atoms with van der Waals surface area (Å²) in [4.78, 5) is 8.91. The SMILES string of the molecule is Cc1cccc(-c2noc(-c3cccc(OCC4CCCNC4)c3)n2)n1. The number of aromatic nitrogens is 3. The van der Waals surface area contributed by atoms with Crippen molar-refractivity contribution in [2.24, 2.45) is 5.92 Å². The van der Waals surface area contributed by atoms with Gasteiger partial charge in [0.1, 0.15) is 11.4 Å². The molecular weight excluding hydrogens is 328 g/mol. The van der Waals surface area contributed by atoms with Crippen molar-refractivity contribution in [1.29, 1.82) is 0 Å². The lowest BCUT2D eigenvalue weighted by Crippen LogP contribution is -2.33. The Balaban J connectivity index is 1.48. The van der Waals surface area contributed by atoms with E-state index < -0.39 is 0 Å². The van der Waals surface area contributed by atoms with Crippen molar-refractivity contribution in [2.75, 3.05) is 19.7 Å². The van der Waals surface area contributed by atoms with Crippen LogP contribution in [0.1, 0.15) is 18.5 Å². The van der Waals surface area contributed by atoms with Crippen LogP contribution in [0.4, 0.5) is 0 Å². The normalized spacial score (nSPS) is 17.2. The van der Waals surface area contributed by atoms with Crippen LogP contribution in [0.25, 0.3) is 23.0 Å². The first kappa shape index (κ1) is 16.7. The summed E-state index contributed by atoms with van der Waals surface area (Å²) in [5.41, 5.74) is 2.47. The Morgan fingerprint density at radius 2 is 2.12 bits per heavy atom. The summed E-state index contributed by atoms with van der Waals surface area (Å²) in [7, 11) is 0. The van der Waals surface area contributed by atoms with Gasteiger partial charge in [0.2, 0.25) is 5.82 Å². The van der Waals surface area contributed by atoms with Gasteiger partial charge in [-0.3, -0.25) is 0 Å². The maximum absolute atomic E-state index is 5.97. The molecule has 1 aliphatic heterocycles. The quantitative estimate of drug-likeness (QED) is 0.759. The summed E-state index contributed by atoms with van der Waals surface area (Å²) in [6, 6.07) is 13.5. The molecule has 0 saturated carbocycles. The highest BCUT2D eigenvalue weighted by molar-refractivity contribution is 5.59. The Morgan fingerprint density at radius 1 is 1.19 bits per heavy atom. The number of benzene rings is 1. The van der Waals surface area contributed by atoms with Crippen LogP contribution < -0.4 is 10.1 Å². The van der Waals surface area contributed by atoms with Gasteiger partial charge in [-0.2, -0.15) is 4.98 Å². The molecule has 0 radical (unpaired) electrons. The third-order valence-electron chi connectivity index (χ3n) is 4.51. The predicted molar refractivity (Wildman–Crippen MR) is 98.8 cm³/mol. The van der Waals surface area contributed by atoms with Gasteiger partial charge in [0.15, 0.2) is 0 Å². The first-order valence-corrected chi connectivity index (χ1v) is 8.99. The van der Waals surface area contributed by atoms with E-state index >= 15 is 0 Å². The summed E-state index contributed by atoms with van der Waals surface area (Å²) >= 11 is 0. The molecule has 26 heavy (non-hydrogen) atoms. The molecule has 1 fully saturated rings. The lowest BCUT2D eigenvalue weighted by Gasteiger charge is -2.22. The molecule has 1 aromatic carbocycles. The largest absolute Gasteiger partial charge is 0.493 e. The minimum Gasteiger partial charge on any atom is -0.493 e. The average Bonchev–Trinajstić information content (AvgIpc) is 3.18. The van der Waals surface area contributed by atoms with Crippen molar-refractivity contribution in [3.63, 3.8) is 0 Å². The molecule has 1 atom stereocenters. The number of rotatable bonds is 5. The zero-order chi connectivity index (χ0) is 17.8. The summed E-state index contributed by atoms with van der Waals surface area (Å²) in [5, 5.41) is 7.47. The Hall–Kier alpha value is -2.73. The van der Waals surface area contributed by atoms with Crippen LogP contribution in [-0.4, -0.2) is 34.8 Å². The number of nitrogens with zero attached hydrogens (tertiary/aromatic N) is 3. The molecule has 1 saturated heterocycles. The lowest BCUT2D eigenvalue weighted by atomic mass is 10.0. The van der Waals surface area contributed by atoms with Gasteiger partial charge in [0, 0.05) is 23.7 Å². The van der Waals surface area contributed by atoms with E-state index in [-0.39, 0.29) is 0 Å². The molecule has 6 heteroatoms. The van der Waals surface area contributed by atoms with Gasteiger partial charge < -0.3 is 14.6 Å². The van der Waals surface area contributed by atoms with Gasteiger partial charge in [-0.25, -0.2) is 4.98 Å². The second-order valence-corrected chi connectivity index (χ2v) is 6.64. The van der Waals surface area contributed by atoms with E-state index in [1.165, 1.54) is 12.8 Å². The van der Waals surface area contributed by atoms with Crippen molar-refractivity contribution < 1.29 is 9.26 Å². The van der Waals surface area contributed by atoms with Crippen molar-refractivity contribution in [3.8, 4) is 28.7 Å². The van der Waals surface area contributed by atoms with Crippen LogP contribution in [0.2, 0.25) is 0 Å². The van der Waals surface area contributed by atoms with Gasteiger partial charge in [-0.15, -0.1) is 0 Å². The smallest absolute Gasteiger partial charge is 0.258 e. The summed E-state index contributed by atoms with van der Waals surface area (Å²) in [5.74, 6) is 2.34. The molecule has 3 aromatic rings. The van der Waals surface area contributed by atoms with Crippen LogP contribution in [0.3, 0.4) is 0 Å². The molecule has 0 bridgehead atoms. The Bertz CT molecular complexity index is 872. The highest BCUT2D eigenvalue weighted by Gasteiger charge is 2.15. The zero-order valence-corrected chi connectivity index (χ0v) is 14.8. The van der Waals surface area contributed by atoms with Crippen molar-refractivity contribution >= 4 is 0 Å². The molecule has 3 heterocycles. The van der Waals surface area contributed by atoms with E-state index in [1.54, 1.807) is 0 Å². The molecule has 1 aliphatic rings. The third-order valence-corrected chi connectivity index (χ3v) is 4.51. The first-order valence-electron chi connectivity index (χ1n) is 8.99. The van der Waals surface area contributed by atoms with Crippen LogP contribution in [0.15, 0.2) is 47.0 Å². The van der Waals surface area contributed by atoms with Crippen LogP contribution in [-0.2, 0) is 0 Å². The van der Waals surface area contributed by atoms with E-state index in [9.17, 15) is 0 Å². The van der Waals surface area contributed by atoms with Gasteiger partial charge in [0.05, 0.1) is 6.61 Å². The van der Waals surface area contributed by atoms with Gasteiger partial charge in [-0.05, 0) is 56.6 Å². The maximum Gasteiger partial charge on any atom is 0.258 e. The third kappa shape index (κ3) is 3.91. The minimum atomic E-state index is 0.466. The van der Waals surface area contributed by atoms with E-state index in [0.717, 1.165) is 36.7 Å². The summed E-state index contributed by atoms with van der Waals surface area (Å²) in [6.07, 6.45) is 2.43. The average molecular weight is 350 g/mol. The highest BCUT2D eigenvalue weighted by atomic mass is 16.5. The lowest BCUT2D eigenvalue weighted by molar-refractivity contribution is 0.218. The molecule has 1 unspecified atom stereocenters. The second kappa shape index (κ2) is 7.66. The molecule has 0 spiro atoms. The number of hydrogen-bond donors (Lipinski definition) is 1. The van der Waals surface area contributed by atoms with Gasteiger partial charge in [-0.1, -0.05) is 17.3 Å². The van der Waals surface area contributed by atoms with E-state index in [1.807, 2.05) is 49.4 Å². The van der Waals surface area contributed by atoms with Crippen molar-refractivity contribution in [2.45, 2.75) is 19.8 Å². The van der Waals surface area contributed by atoms with Crippen LogP contribution in [0.5, 0.6) is 5.75 Å². The monoisotopic (exact) mass is 350 g/mol. The number of aryl methyl sites for hydroxylation is 1. The first-order chi connectivity index (χ1) is 12.8. The Morgan fingerprint density at radius 3 is 2.96 bits per heavy atom. The fourth-order valence-corrected chi connectivity index (χ4v) is 3.11. The number of nitrogens with one attached hydrogen (secondary N) is 1. The number of hydrogen-bond acceptors (Lipinski definition) is 6. The maximum atomic E-state index is 5.97. The molecule has 1 N–H and O–H groups in total. The van der Waals surface area contributed by atoms with Crippen LogP contribution in [0, 0.1) is 12.8 Å². The standard InChI is InChI=1S/C20H22N4O2/c1-14-5-2-9-18(22-14)19-23-20(26-24-19)16-7-3-8-17(11-16)25-13-15-6-4-10-21-12-15/h2-3,5,7-9,11,15,21H,4,6,10,12-13H2,1H3. The molecular formula is C20H22N4O2. The van der Waals surface area contributed by atoms with Gasteiger partial charge in [0.25, 0.3) is 5.89 Å². The van der Waals surface area contributed by atoms with Crippen molar-refractivity contribution in [3.05, 3.63) is 48.2 Å². The summed E-state index contributed by atoms with van der Waals surface area (Å²) < 4.78 is 11.4. The molecule has 0 amide bonds. The predicted octanol–water partition coefficient (Wildman–Crippen LogP) is 3.49. The molecule has 0 aliphatic carbocycles. The Kier molecular flexibility index (Phi) is 4.93. The molecule has 6 nitrogen and oxygen atoms in total. The van der Waals surface area contributed by atoms with E-state index in [0.29, 0.717) is 23.3 Å². The van der Waals surface area contributed by atoms with E-state index in [4.69, 9.17) is 9.26 Å². The van der Waals surface area contributed by atoms with Crippen LogP contribution >= 0.6 is 0 Å². The summed E-state index contributed by atoms with van der Waals surface area (Å²) in [6.45, 7) is 4.80. The molecule has 4 rings (SSSR count). The topological polar surface area (TPSA) is 73.1 Å².